The standard InChI is InChI=1S/C18H22N2O5S/c1-25-16-5-4-13(10-15(16)20-17(21)6-7-18(20)22)26(23,24)19-14-9-11-2-3-12(14)8-11/h4-5,10-12,14,19H,2-3,6-9H2,1H3/t11-,12+,14+/m0/s1. The summed E-state index contributed by atoms with van der Waals surface area (Å²) in [5.41, 5.74) is 0.191. The van der Waals surface area contributed by atoms with Crippen LogP contribution in [0.15, 0.2) is 23.1 Å². The van der Waals surface area contributed by atoms with Crippen LogP contribution in [0.1, 0.15) is 38.5 Å². The smallest absolute Gasteiger partial charge is 0.240 e. The third kappa shape index (κ3) is 2.91. The maximum atomic E-state index is 12.9. The molecule has 1 aliphatic heterocycles. The Morgan fingerprint density at radius 2 is 1.85 bits per heavy atom. The van der Waals surface area contributed by atoms with Gasteiger partial charge in [0.05, 0.1) is 17.7 Å². The van der Waals surface area contributed by atoms with Crippen molar-refractivity contribution in [3.8, 4) is 5.75 Å². The van der Waals surface area contributed by atoms with E-state index in [1.807, 2.05) is 0 Å². The second-order valence-electron chi connectivity index (χ2n) is 7.36. The number of imide groups is 1. The van der Waals surface area contributed by atoms with E-state index < -0.39 is 10.0 Å². The molecule has 0 aromatic heterocycles. The zero-order valence-electron chi connectivity index (χ0n) is 14.6. The minimum atomic E-state index is -3.73. The first-order valence-electron chi connectivity index (χ1n) is 8.95. The number of anilines is 1. The minimum Gasteiger partial charge on any atom is -0.495 e. The summed E-state index contributed by atoms with van der Waals surface area (Å²) >= 11 is 0. The van der Waals surface area contributed by atoms with Crippen LogP contribution < -0.4 is 14.4 Å². The van der Waals surface area contributed by atoms with Crippen molar-refractivity contribution in [1.29, 1.82) is 0 Å². The molecule has 0 spiro atoms. The fourth-order valence-electron chi connectivity index (χ4n) is 4.51. The molecule has 1 saturated heterocycles. The van der Waals surface area contributed by atoms with Gasteiger partial charge in [-0.3, -0.25) is 9.59 Å². The number of carbonyl (C=O) groups excluding carboxylic acids is 2. The molecule has 1 aromatic carbocycles. The molecule has 2 aliphatic carbocycles. The molecule has 2 amide bonds. The second-order valence-corrected chi connectivity index (χ2v) is 9.07. The number of nitrogens with zero attached hydrogens (tertiary/aromatic N) is 1. The number of hydrogen-bond acceptors (Lipinski definition) is 5. The zero-order chi connectivity index (χ0) is 18.5. The number of benzene rings is 1. The number of nitrogens with one attached hydrogen (secondary N) is 1. The van der Waals surface area contributed by atoms with Gasteiger partial charge in [-0.15, -0.1) is 0 Å². The Hall–Kier alpha value is -1.93. The van der Waals surface area contributed by atoms with Gasteiger partial charge in [-0.1, -0.05) is 6.42 Å². The van der Waals surface area contributed by atoms with Crippen LogP contribution in [0, 0.1) is 11.8 Å². The number of carbonyl (C=O) groups is 2. The van der Waals surface area contributed by atoms with Crippen LogP contribution >= 0.6 is 0 Å². The van der Waals surface area contributed by atoms with Gasteiger partial charge in [0.1, 0.15) is 5.75 Å². The third-order valence-electron chi connectivity index (χ3n) is 5.80. The molecule has 3 aliphatic rings. The lowest BCUT2D eigenvalue weighted by Gasteiger charge is -2.23. The maximum Gasteiger partial charge on any atom is 0.240 e. The average Bonchev–Trinajstić information content (AvgIpc) is 3.30. The molecule has 3 atom stereocenters. The Kier molecular flexibility index (Phi) is 4.27. The summed E-state index contributed by atoms with van der Waals surface area (Å²) in [5.74, 6) is 0.647. The van der Waals surface area contributed by atoms with Crippen LogP contribution in [-0.4, -0.2) is 33.4 Å². The molecule has 26 heavy (non-hydrogen) atoms. The van der Waals surface area contributed by atoms with E-state index in [0.29, 0.717) is 17.6 Å². The van der Waals surface area contributed by atoms with Crippen LogP contribution in [0.5, 0.6) is 5.75 Å². The first-order chi connectivity index (χ1) is 12.4. The highest BCUT2D eigenvalue weighted by Gasteiger charge is 2.41. The van der Waals surface area contributed by atoms with Gasteiger partial charge in [-0.25, -0.2) is 18.0 Å². The summed E-state index contributed by atoms with van der Waals surface area (Å²) in [6, 6.07) is 4.27. The van der Waals surface area contributed by atoms with Crippen molar-refractivity contribution in [3.63, 3.8) is 0 Å². The monoisotopic (exact) mass is 378 g/mol. The quantitative estimate of drug-likeness (QED) is 0.789. The highest BCUT2D eigenvalue weighted by molar-refractivity contribution is 7.89. The first kappa shape index (κ1) is 17.5. The highest BCUT2D eigenvalue weighted by atomic mass is 32.2. The average molecular weight is 378 g/mol. The van der Waals surface area contributed by atoms with E-state index in [1.54, 1.807) is 0 Å². The molecule has 2 bridgehead atoms. The van der Waals surface area contributed by atoms with Crippen LogP contribution in [0.4, 0.5) is 5.69 Å². The fraction of sp³-hybridized carbons (Fsp3) is 0.556. The molecule has 140 valence electrons. The van der Waals surface area contributed by atoms with Crippen LogP contribution in [0.2, 0.25) is 0 Å². The lowest BCUT2D eigenvalue weighted by molar-refractivity contribution is -0.121. The van der Waals surface area contributed by atoms with Crippen LogP contribution in [0.25, 0.3) is 0 Å². The molecule has 2 saturated carbocycles. The predicted octanol–water partition coefficient (Wildman–Crippen LogP) is 1.82. The van der Waals surface area contributed by atoms with Gasteiger partial charge in [0.15, 0.2) is 0 Å². The molecule has 1 N–H and O–H groups in total. The maximum absolute atomic E-state index is 12.9. The van der Waals surface area contributed by atoms with Crippen LogP contribution in [0.3, 0.4) is 0 Å². The van der Waals surface area contributed by atoms with Crippen molar-refractivity contribution >= 4 is 27.5 Å². The molecule has 7 nitrogen and oxygen atoms in total. The third-order valence-corrected chi connectivity index (χ3v) is 7.29. The number of ether oxygens (including phenoxy) is 1. The molecular formula is C18H22N2O5S. The summed E-state index contributed by atoms with van der Waals surface area (Å²) in [5, 5.41) is 0. The van der Waals surface area contributed by atoms with Crippen molar-refractivity contribution in [2.75, 3.05) is 12.0 Å². The molecule has 1 aromatic rings. The molecule has 1 heterocycles. The van der Waals surface area contributed by atoms with Crippen molar-refractivity contribution in [2.45, 2.75) is 49.5 Å². The van der Waals surface area contributed by atoms with E-state index >= 15 is 0 Å². The molecule has 0 radical (unpaired) electrons. The predicted molar refractivity (Wildman–Crippen MR) is 94.3 cm³/mol. The number of amides is 2. The van der Waals surface area contributed by atoms with Crippen molar-refractivity contribution in [1.82, 2.24) is 4.72 Å². The first-order valence-corrected chi connectivity index (χ1v) is 10.4. The van der Waals surface area contributed by atoms with E-state index in [4.69, 9.17) is 4.74 Å². The summed E-state index contributed by atoms with van der Waals surface area (Å²) in [6.07, 6.45) is 4.50. The van der Waals surface area contributed by atoms with E-state index in [9.17, 15) is 18.0 Å². The molecule has 8 heteroatoms. The normalized spacial score (nSPS) is 28.2. The van der Waals surface area contributed by atoms with Gasteiger partial charge in [-0.05, 0) is 49.3 Å². The highest BCUT2D eigenvalue weighted by Crippen LogP contribution is 2.45. The van der Waals surface area contributed by atoms with E-state index in [1.165, 1.54) is 31.7 Å². The Morgan fingerprint density at radius 3 is 2.42 bits per heavy atom. The molecule has 0 unspecified atom stereocenters. The molecule has 4 rings (SSSR count). The number of methoxy groups -OCH3 is 1. The van der Waals surface area contributed by atoms with Gasteiger partial charge in [0.2, 0.25) is 21.8 Å². The van der Waals surface area contributed by atoms with Gasteiger partial charge in [0.25, 0.3) is 0 Å². The molecular weight excluding hydrogens is 356 g/mol. The largest absolute Gasteiger partial charge is 0.495 e. The van der Waals surface area contributed by atoms with Gasteiger partial charge < -0.3 is 4.74 Å². The number of rotatable bonds is 5. The summed E-state index contributed by atoms with van der Waals surface area (Å²) < 4.78 is 33.8. The van der Waals surface area contributed by atoms with Gasteiger partial charge in [-0.2, -0.15) is 0 Å². The Bertz CT molecular complexity index is 850. The van der Waals surface area contributed by atoms with E-state index in [2.05, 4.69) is 4.72 Å². The second kappa shape index (κ2) is 6.35. The van der Waals surface area contributed by atoms with Gasteiger partial charge in [0, 0.05) is 18.9 Å². The Morgan fingerprint density at radius 1 is 1.12 bits per heavy atom. The van der Waals surface area contributed by atoms with Crippen molar-refractivity contribution in [2.24, 2.45) is 11.8 Å². The van der Waals surface area contributed by atoms with Gasteiger partial charge >= 0.3 is 0 Å². The van der Waals surface area contributed by atoms with E-state index in [-0.39, 0.29) is 41.3 Å². The zero-order valence-corrected chi connectivity index (χ0v) is 15.4. The van der Waals surface area contributed by atoms with Crippen molar-refractivity contribution in [3.05, 3.63) is 18.2 Å². The lowest BCUT2D eigenvalue weighted by Crippen LogP contribution is -2.38. The van der Waals surface area contributed by atoms with Crippen molar-refractivity contribution < 1.29 is 22.7 Å². The Balaban J connectivity index is 1.65. The molecule has 3 fully saturated rings. The SMILES string of the molecule is COc1ccc(S(=O)(=O)N[C@@H]2C[C@H]3CC[C@@H]2C3)cc1N1C(=O)CCC1=O. The Labute approximate surface area is 152 Å². The van der Waals surface area contributed by atoms with Crippen LogP contribution in [-0.2, 0) is 19.6 Å². The summed E-state index contributed by atoms with van der Waals surface area (Å²) in [6.45, 7) is 0. The number of sulfonamides is 1. The van der Waals surface area contributed by atoms with E-state index in [0.717, 1.165) is 24.2 Å². The minimum absolute atomic E-state index is 0.0284. The lowest BCUT2D eigenvalue weighted by atomic mass is 9.96. The summed E-state index contributed by atoms with van der Waals surface area (Å²) in [7, 11) is -2.31. The number of hydrogen-bond donors (Lipinski definition) is 1. The number of fused-ring (bicyclic) bond motifs is 2. The topological polar surface area (TPSA) is 92.8 Å². The fourth-order valence-corrected chi connectivity index (χ4v) is 5.85. The summed E-state index contributed by atoms with van der Waals surface area (Å²) in [4.78, 5) is 25.2.